The Hall–Kier alpha value is -1.61. The van der Waals surface area contributed by atoms with Crippen molar-refractivity contribution in [1.29, 1.82) is 0 Å². The zero-order chi connectivity index (χ0) is 16.4. The molecule has 0 saturated heterocycles. The third-order valence-electron chi connectivity index (χ3n) is 2.41. The number of carboxylic acids is 1. The van der Waals surface area contributed by atoms with Crippen molar-refractivity contribution in [2.75, 3.05) is 0 Å². The summed E-state index contributed by atoms with van der Waals surface area (Å²) < 4.78 is 40.7. The minimum Gasteiger partial charge on any atom is -0.479 e. The summed E-state index contributed by atoms with van der Waals surface area (Å²) in [7, 11) is 0. The van der Waals surface area contributed by atoms with Gasteiger partial charge in [-0.15, -0.1) is 13.2 Å². The zero-order valence-corrected chi connectivity index (χ0v) is 12.1. The number of halogens is 4. The number of aliphatic hydroxyl groups excluding tert-OH is 1. The molecule has 9 heteroatoms. The van der Waals surface area contributed by atoms with Crippen LogP contribution in [0, 0.1) is 0 Å². The fourth-order valence-electron chi connectivity index (χ4n) is 1.49. The fourth-order valence-corrected chi connectivity index (χ4v) is 1.75. The minimum absolute atomic E-state index is 0.111. The van der Waals surface area contributed by atoms with Crippen LogP contribution >= 0.6 is 15.9 Å². The van der Waals surface area contributed by atoms with Crippen LogP contribution in [0.2, 0.25) is 0 Å². The van der Waals surface area contributed by atoms with E-state index in [0.29, 0.717) is 0 Å². The maximum Gasteiger partial charge on any atom is 0.573 e. The Morgan fingerprint density at radius 1 is 1.33 bits per heavy atom. The summed E-state index contributed by atoms with van der Waals surface area (Å²) in [6.07, 6.45) is -7.29. The highest BCUT2D eigenvalue weighted by atomic mass is 79.9. The van der Waals surface area contributed by atoms with E-state index in [2.05, 4.69) is 20.7 Å². The molecule has 1 rings (SSSR count). The number of carboxylic acid groups (broad SMARTS) is 1. The molecule has 21 heavy (non-hydrogen) atoms. The predicted octanol–water partition coefficient (Wildman–Crippen LogP) is 2.67. The number of aliphatic hydroxyl groups is 1. The first-order valence-electron chi connectivity index (χ1n) is 5.51. The second-order valence-electron chi connectivity index (χ2n) is 4.02. The first kappa shape index (κ1) is 17.4. The SMILES string of the molecule is CC(Br)C(=O)c1ccc(C(O)C(=O)O)c(OC(F)(F)F)c1. The van der Waals surface area contributed by atoms with Crippen molar-refractivity contribution >= 4 is 27.7 Å². The van der Waals surface area contributed by atoms with Crippen molar-refractivity contribution < 1.29 is 37.7 Å². The lowest BCUT2D eigenvalue weighted by Gasteiger charge is -2.16. The predicted molar refractivity (Wildman–Crippen MR) is 68.4 cm³/mol. The van der Waals surface area contributed by atoms with Gasteiger partial charge in [0.15, 0.2) is 11.9 Å². The van der Waals surface area contributed by atoms with E-state index >= 15 is 0 Å². The van der Waals surface area contributed by atoms with Gasteiger partial charge in [0.2, 0.25) is 0 Å². The number of hydrogen-bond acceptors (Lipinski definition) is 4. The van der Waals surface area contributed by atoms with Crippen LogP contribution in [0.3, 0.4) is 0 Å². The van der Waals surface area contributed by atoms with Gasteiger partial charge in [0.25, 0.3) is 0 Å². The Morgan fingerprint density at radius 3 is 2.33 bits per heavy atom. The number of benzene rings is 1. The molecule has 0 aromatic heterocycles. The molecule has 2 unspecified atom stereocenters. The van der Waals surface area contributed by atoms with Crippen LogP contribution < -0.4 is 4.74 Å². The van der Waals surface area contributed by atoms with Gasteiger partial charge in [-0.1, -0.05) is 28.1 Å². The monoisotopic (exact) mass is 370 g/mol. The molecule has 2 N–H and O–H groups in total. The summed E-state index contributed by atoms with van der Waals surface area (Å²) in [6, 6.07) is 2.77. The van der Waals surface area contributed by atoms with Crippen LogP contribution in [0.5, 0.6) is 5.75 Å². The Morgan fingerprint density at radius 2 is 1.90 bits per heavy atom. The quantitative estimate of drug-likeness (QED) is 0.614. The van der Waals surface area contributed by atoms with E-state index in [1.54, 1.807) is 0 Å². The average Bonchev–Trinajstić information content (AvgIpc) is 2.34. The van der Waals surface area contributed by atoms with E-state index in [4.69, 9.17) is 5.11 Å². The summed E-state index contributed by atoms with van der Waals surface area (Å²) in [4.78, 5) is 21.8. The van der Waals surface area contributed by atoms with Gasteiger partial charge in [-0.25, -0.2) is 4.79 Å². The normalized spacial score (nSPS) is 14.4. The molecule has 0 spiro atoms. The molecule has 0 fully saturated rings. The zero-order valence-electron chi connectivity index (χ0n) is 10.5. The highest BCUT2D eigenvalue weighted by Gasteiger charge is 2.34. The molecule has 1 aromatic carbocycles. The molecular weight excluding hydrogens is 361 g/mol. The highest BCUT2D eigenvalue weighted by Crippen LogP contribution is 2.32. The standard InChI is InChI=1S/C12H10BrF3O5/c1-5(13)9(17)6-2-3-7(10(18)11(19)20)8(4-6)21-12(14,15)16/h2-5,10,18H,1H3,(H,19,20). The third kappa shape index (κ3) is 4.71. The molecule has 1 aromatic rings. The van der Waals surface area contributed by atoms with Crippen LogP contribution in [0.15, 0.2) is 18.2 Å². The van der Waals surface area contributed by atoms with E-state index in [1.807, 2.05) is 0 Å². The fraction of sp³-hybridized carbons (Fsp3) is 0.333. The Kier molecular flexibility index (Phi) is 5.35. The van der Waals surface area contributed by atoms with E-state index in [0.717, 1.165) is 18.2 Å². The average molecular weight is 371 g/mol. The molecule has 0 bridgehead atoms. The number of ketones is 1. The van der Waals surface area contributed by atoms with Crippen LogP contribution in [-0.2, 0) is 4.79 Å². The molecule has 116 valence electrons. The molecular formula is C12H10BrF3O5. The van der Waals surface area contributed by atoms with Gasteiger partial charge in [0.1, 0.15) is 5.75 Å². The first-order chi connectivity index (χ1) is 9.53. The number of carbonyl (C=O) groups excluding carboxylic acids is 1. The van der Waals surface area contributed by atoms with E-state index in [1.165, 1.54) is 6.92 Å². The van der Waals surface area contributed by atoms with E-state index < -0.39 is 40.4 Å². The smallest absolute Gasteiger partial charge is 0.479 e. The summed E-state index contributed by atoms with van der Waals surface area (Å²) >= 11 is 2.98. The lowest BCUT2D eigenvalue weighted by molar-refractivity contribution is -0.275. The molecule has 0 aliphatic carbocycles. The molecule has 2 atom stereocenters. The van der Waals surface area contributed by atoms with Gasteiger partial charge >= 0.3 is 12.3 Å². The number of hydrogen-bond donors (Lipinski definition) is 2. The summed E-state index contributed by atoms with van der Waals surface area (Å²) in [6.45, 7) is 1.48. The maximum atomic E-state index is 12.3. The number of rotatable bonds is 5. The second-order valence-corrected chi connectivity index (χ2v) is 5.39. The van der Waals surface area contributed by atoms with Crippen molar-refractivity contribution in [2.24, 2.45) is 0 Å². The van der Waals surface area contributed by atoms with Crippen molar-refractivity contribution in [3.8, 4) is 5.75 Å². The van der Waals surface area contributed by atoms with Gasteiger partial charge in [0.05, 0.1) is 4.83 Å². The second kappa shape index (κ2) is 6.44. The van der Waals surface area contributed by atoms with Crippen molar-refractivity contribution in [2.45, 2.75) is 24.2 Å². The largest absolute Gasteiger partial charge is 0.573 e. The van der Waals surface area contributed by atoms with Crippen molar-refractivity contribution in [1.82, 2.24) is 0 Å². The Bertz CT molecular complexity index is 556. The maximum absolute atomic E-state index is 12.3. The van der Waals surface area contributed by atoms with Gasteiger partial charge in [-0.3, -0.25) is 4.79 Å². The van der Waals surface area contributed by atoms with E-state index in [-0.39, 0.29) is 5.56 Å². The molecule has 0 aliphatic rings. The molecule has 0 heterocycles. The lowest BCUT2D eigenvalue weighted by Crippen LogP contribution is -2.21. The third-order valence-corrected chi connectivity index (χ3v) is 2.83. The van der Waals surface area contributed by atoms with Crippen LogP contribution in [-0.4, -0.2) is 33.2 Å². The van der Waals surface area contributed by atoms with E-state index in [9.17, 15) is 27.9 Å². The minimum atomic E-state index is -5.09. The first-order valence-corrected chi connectivity index (χ1v) is 6.43. The molecule has 5 nitrogen and oxygen atoms in total. The van der Waals surface area contributed by atoms with Gasteiger partial charge in [0, 0.05) is 11.1 Å². The number of Topliss-reactive ketones (excluding diaryl/α,β-unsaturated/α-hetero) is 1. The summed E-state index contributed by atoms with van der Waals surface area (Å²) in [5, 5.41) is 18.0. The molecule has 0 radical (unpaired) electrons. The van der Waals surface area contributed by atoms with Crippen LogP contribution in [0.4, 0.5) is 13.2 Å². The topological polar surface area (TPSA) is 83.8 Å². The Labute approximate surface area is 125 Å². The summed E-state index contributed by atoms with van der Waals surface area (Å²) in [5.41, 5.74) is -0.710. The van der Waals surface area contributed by atoms with Gasteiger partial charge < -0.3 is 14.9 Å². The number of ether oxygens (including phenoxy) is 1. The van der Waals surface area contributed by atoms with Crippen molar-refractivity contribution in [3.63, 3.8) is 0 Å². The van der Waals surface area contributed by atoms with Gasteiger partial charge in [-0.2, -0.15) is 0 Å². The number of alkyl halides is 4. The lowest BCUT2D eigenvalue weighted by atomic mass is 10.0. The molecule has 0 aliphatic heterocycles. The number of carbonyl (C=O) groups is 2. The molecule has 0 amide bonds. The van der Waals surface area contributed by atoms with Gasteiger partial charge in [-0.05, 0) is 13.0 Å². The highest BCUT2D eigenvalue weighted by molar-refractivity contribution is 9.10. The molecule has 0 saturated carbocycles. The van der Waals surface area contributed by atoms with Crippen LogP contribution in [0.25, 0.3) is 0 Å². The Balaban J connectivity index is 3.32. The van der Waals surface area contributed by atoms with Crippen molar-refractivity contribution in [3.05, 3.63) is 29.3 Å². The summed E-state index contributed by atoms with van der Waals surface area (Å²) in [5.74, 6) is -3.19. The van der Waals surface area contributed by atoms with Crippen LogP contribution in [0.1, 0.15) is 28.9 Å². The number of aliphatic carboxylic acids is 1.